The van der Waals surface area contributed by atoms with E-state index in [0.717, 1.165) is 18.6 Å². The maximum atomic E-state index is 11.5. The summed E-state index contributed by atoms with van der Waals surface area (Å²) in [6.45, 7) is 7.09. The van der Waals surface area contributed by atoms with Crippen molar-refractivity contribution >= 4 is 6.03 Å². The second-order valence-electron chi connectivity index (χ2n) is 4.52. The zero-order chi connectivity index (χ0) is 14.1. The summed E-state index contributed by atoms with van der Waals surface area (Å²) in [5.74, 6) is 0.897. The molecule has 1 rings (SSSR count). The number of hydrogen-bond acceptors (Lipinski definition) is 2. The van der Waals surface area contributed by atoms with Gasteiger partial charge in [-0.3, -0.25) is 0 Å². The van der Waals surface area contributed by atoms with Gasteiger partial charge in [-0.15, -0.1) is 0 Å². The molecule has 0 spiro atoms. The van der Waals surface area contributed by atoms with Crippen molar-refractivity contribution in [2.24, 2.45) is 0 Å². The van der Waals surface area contributed by atoms with Crippen LogP contribution in [0.15, 0.2) is 24.3 Å². The molecular formula is C15H24N2O2. The van der Waals surface area contributed by atoms with Crippen LogP contribution in [0.1, 0.15) is 32.8 Å². The van der Waals surface area contributed by atoms with Crippen molar-refractivity contribution in [1.82, 2.24) is 10.6 Å². The van der Waals surface area contributed by atoms with E-state index in [1.54, 1.807) is 0 Å². The molecule has 19 heavy (non-hydrogen) atoms. The smallest absolute Gasteiger partial charge is 0.315 e. The Morgan fingerprint density at radius 2 is 2.05 bits per heavy atom. The van der Waals surface area contributed by atoms with Gasteiger partial charge in [0, 0.05) is 6.04 Å². The minimum Gasteiger partial charge on any atom is -0.491 e. The predicted octanol–water partition coefficient (Wildman–Crippen LogP) is 2.73. The van der Waals surface area contributed by atoms with E-state index in [-0.39, 0.29) is 12.1 Å². The van der Waals surface area contributed by atoms with Gasteiger partial charge in [0.15, 0.2) is 0 Å². The van der Waals surface area contributed by atoms with Crippen LogP contribution in [0.25, 0.3) is 0 Å². The van der Waals surface area contributed by atoms with Gasteiger partial charge < -0.3 is 15.4 Å². The fourth-order valence-corrected chi connectivity index (χ4v) is 1.64. The number of ether oxygens (including phenoxy) is 1. The number of nitrogens with one attached hydrogen (secondary N) is 2. The van der Waals surface area contributed by atoms with Crippen LogP contribution in [-0.2, 0) is 6.42 Å². The standard InChI is InChI=1S/C15H24N2O2/c1-4-12(3)17-15(18)16-10-11-19-14-9-7-6-8-13(14)5-2/h6-9,12H,4-5,10-11H2,1-3H3,(H2,16,17,18). The summed E-state index contributed by atoms with van der Waals surface area (Å²) in [6, 6.07) is 8.03. The molecule has 0 aliphatic rings. The van der Waals surface area contributed by atoms with Gasteiger partial charge in [0.1, 0.15) is 12.4 Å². The van der Waals surface area contributed by atoms with Crippen LogP contribution < -0.4 is 15.4 Å². The zero-order valence-electron chi connectivity index (χ0n) is 12.0. The lowest BCUT2D eigenvalue weighted by Crippen LogP contribution is -2.41. The largest absolute Gasteiger partial charge is 0.491 e. The van der Waals surface area contributed by atoms with Crippen LogP contribution in [0, 0.1) is 0 Å². The van der Waals surface area contributed by atoms with E-state index >= 15 is 0 Å². The molecule has 0 bridgehead atoms. The Morgan fingerprint density at radius 1 is 1.32 bits per heavy atom. The Morgan fingerprint density at radius 3 is 2.74 bits per heavy atom. The molecule has 4 heteroatoms. The minimum atomic E-state index is -0.137. The van der Waals surface area contributed by atoms with E-state index in [4.69, 9.17) is 4.74 Å². The first-order chi connectivity index (χ1) is 9.17. The third-order valence-corrected chi connectivity index (χ3v) is 2.99. The normalized spacial score (nSPS) is 11.7. The highest BCUT2D eigenvalue weighted by Gasteiger charge is 2.04. The molecule has 0 fully saturated rings. The Kier molecular flexibility index (Phi) is 6.79. The van der Waals surface area contributed by atoms with Gasteiger partial charge in [-0.25, -0.2) is 4.79 Å². The van der Waals surface area contributed by atoms with E-state index in [1.165, 1.54) is 5.56 Å². The van der Waals surface area contributed by atoms with Crippen LogP contribution in [0.2, 0.25) is 0 Å². The van der Waals surface area contributed by atoms with E-state index < -0.39 is 0 Å². The number of carbonyl (C=O) groups excluding carboxylic acids is 1. The lowest BCUT2D eigenvalue weighted by atomic mass is 10.1. The SMILES string of the molecule is CCc1ccccc1OCCNC(=O)NC(C)CC. The second kappa shape index (κ2) is 8.40. The average molecular weight is 264 g/mol. The van der Waals surface area contributed by atoms with Crippen molar-refractivity contribution < 1.29 is 9.53 Å². The lowest BCUT2D eigenvalue weighted by Gasteiger charge is -2.13. The number of urea groups is 1. The quantitative estimate of drug-likeness (QED) is 0.744. The third kappa shape index (κ3) is 5.64. The van der Waals surface area contributed by atoms with Crippen molar-refractivity contribution in [2.45, 2.75) is 39.7 Å². The van der Waals surface area contributed by atoms with Gasteiger partial charge in [-0.1, -0.05) is 32.0 Å². The molecule has 0 saturated heterocycles. The van der Waals surface area contributed by atoms with Gasteiger partial charge >= 0.3 is 6.03 Å². The summed E-state index contributed by atoms with van der Waals surface area (Å²) in [5.41, 5.74) is 1.19. The Hall–Kier alpha value is -1.71. The molecule has 1 unspecified atom stereocenters. The van der Waals surface area contributed by atoms with Crippen LogP contribution >= 0.6 is 0 Å². The van der Waals surface area contributed by atoms with Crippen LogP contribution in [0.4, 0.5) is 4.79 Å². The Bertz CT molecular complexity index is 393. The van der Waals surface area contributed by atoms with E-state index in [0.29, 0.717) is 13.2 Å². The third-order valence-electron chi connectivity index (χ3n) is 2.99. The molecule has 0 radical (unpaired) electrons. The van der Waals surface area contributed by atoms with Crippen molar-refractivity contribution in [1.29, 1.82) is 0 Å². The Balaban J connectivity index is 2.25. The predicted molar refractivity (Wildman–Crippen MR) is 77.6 cm³/mol. The van der Waals surface area contributed by atoms with Gasteiger partial charge in [0.25, 0.3) is 0 Å². The fraction of sp³-hybridized carbons (Fsp3) is 0.533. The number of carbonyl (C=O) groups is 1. The molecule has 1 aromatic carbocycles. The molecule has 1 aromatic rings. The molecule has 106 valence electrons. The van der Waals surface area contributed by atoms with Crippen molar-refractivity contribution in [2.75, 3.05) is 13.2 Å². The molecule has 2 amide bonds. The highest BCUT2D eigenvalue weighted by atomic mass is 16.5. The lowest BCUT2D eigenvalue weighted by molar-refractivity contribution is 0.233. The average Bonchev–Trinajstić information content (AvgIpc) is 2.43. The van der Waals surface area contributed by atoms with Crippen LogP contribution in [0.5, 0.6) is 5.75 Å². The number of amides is 2. The van der Waals surface area contributed by atoms with Crippen molar-refractivity contribution in [3.05, 3.63) is 29.8 Å². The highest BCUT2D eigenvalue weighted by Crippen LogP contribution is 2.17. The molecule has 0 saturated carbocycles. The topological polar surface area (TPSA) is 50.4 Å². The summed E-state index contributed by atoms with van der Waals surface area (Å²) in [7, 11) is 0. The first kappa shape index (κ1) is 15.3. The van der Waals surface area contributed by atoms with Gasteiger partial charge in [0.05, 0.1) is 6.54 Å². The van der Waals surface area contributed by atoms with Crippen molar-refractivity contribution in [3.63, 3.8) is 0 Å². The first-order valence-electron chi connectivity index (χ1n) is 6.92. The monoisotopic (exact) mass is 264 g/mol. The summed E-state index contributed by atoms with van der Waals surface area (Å²) < 4.78 is 5.67. The first-order valence-corrected chi connectivity index (χ1v) is 6.92. The van der Waals surface area contributed by atoms with Crippen LogP contribution in [-0.4, -0.2) is 25.2 Å². The maximum Gasteiger partial charge on any atom is 0.315 e. The number of rotatable bonds is 7. The molecule has 0 aromatic heterocycles. The van der Waals surface area contributed by atoms with E-state index in [1.807, 2.05) is 32.0 Å². The number of aryl methyl sites for hydroxylation is 1. The molecule has 4 nitrogen and oxygen atoms in total. The zero-order valence-corrected chi connectivity index (χ0v) is 12.0. The molecule has 1 atom stereocenters. The molecule has 0 aliphatic heterocycles. The minimum absolute atomic E-state index is 0.137. The summed E-state index contributed by atoms with van der Waals surface area (Å²) >= 11 is 0. The van der Waals surface area contributed by atoms with Crippen molar-refractivity contribution in [3.8, 4) is 5.75 Å². The molecule has 0 heterocycles. The fourth-order valence-electron chi connectivity index (χ4n) is 1.64. The second-order valence-corrected chi connectivity index (χ2v) is 4.52. The molecule has 0 aliphatic carbocycles. The summed E-state index contributed by atoms with van der Waals surface area (Å²) in [4.78, 5) is 11.5. The Labute approximate surface area is 115 Å². The molecular weight excluding hydrogens is 240 g/mol. The van der Waals surface area contributed by atoms with E-state index in [2.05, 4.69) is 23.6 Å². The summed E-state index contributed by atoms with van der Waals surface area (Å²) in [5, 5.41) is 5.63. The maximum absolute atomic E-state index is 11.5. The number of hydrogen-bond donors (Lipinski definition) is 2. The number of para-hydroxylation sites is 1. The van der Waals surface area contributed by atoms with E-state index in [9.17, 15) is 4.79 Å². The number of benzene rings is 1. The van der Waals surface area contributed by atoms with Gasteiger partial charge in [0.2, 0.25) is 0 Å². The van der Waals surface area contributed by atoms with Gasteiger partial charge in [-0.05, 0) is 31.4 Å². The van der Waals surface area contributed by atoms with Gasteiger partial charge in [-0.2, -0.15) is 0 Å². The summed E-state index contributed by atoms with van der Waals surface area (Å²) in [6.07, 6.45) is 1.87. The molecule has 2 N–H and O–H groups in total. The highest BCUT2D eigenvalue weighted by molar-refractivity contribution is 5.74. The van der Waals surface area contributed by atoms with Crippen LogP contribution in [0.3, 0.4) is 0 Å².